The molecule has 0 fully saturated rings. The van der Waals surface area contributed by atoms with Gasteiger partial charge in [-0.25, -0.2) is 10.1 Å². The third-order valence-corrected chi connectivity index (χ3v) is 4.73. The molecule has 6 nitrogen and oxygen atoms in total. The normalized spacial score (nSPS) is 11.6. The van der Waals surface area contributed by atoms with E-state index in [9.17, 15) is 9.59 Å². The molecule has 1 N–H and O–H groups in total. The van der Waals surface area contributed by atoms with Crippen LogP contribution in [0.2, 0.25) is 10.0 Å². The lowest BCUT2D eigenvalue weighted by Gasteiger charge is -2.10. The highest BCUT2D eigenvalue weighted by molar-refractivity contribution is 6.36. The van der Waals surface area contributed by atoms with Crippen molar-refractivity contribution in [2.45, 2.75) is 26.8 Å². The third kappa shape index (κ3) is 4.08. The molecule has 0 saturated heterocycles. The Morgan fingerprint density at radius 2 is 1.89 bits per heavy atom. The SMILES string of the molecule is CCCn1nc(C(=O)N/N=C(\C)c2cc(Cl)ccc2Cl)c2ccccc2c1=O. The monoisotopic (exact) mass is 416 g/mol. The second-order valence-corrected chi connectivity index (χ2v) is 7.03. The molecule has 0 unspecified atom stereocenters. The van der Waals surface area contributed by atoms with E-state index in [0.717, 1.165) is 6.42 Å². The highest BCUT2D eigenvalue weighted by Gasteiger charge is 2.16. The van der Waals surface area contributed by atoms with Gasteiger partial charge in [0.25, 0.3) is 11.5 Å². The Morgan fingerprint density at radius 1 is 1.18 bits per heavy atom. The Kier molecular flexibility index (Phi) is 6.11. The molecule has 3 aromatic rings. The molecule has 8 heteroatoms. The number of hydrazone groups is 1. The van der Waals surface area contributed by atoms with Crippen LogP contribution in [0.25, 0.3) is 10.8 Å². The van der Waals surface area contributed by atoms with Gasteiger partial charge in [-0.1, -0.05) is 48.3 Å². The lowest BCUT2D eigenvalue weighted by atomic mass is 10.1. The number of nitrogens with one attached hydrogen (secondary N) is 1. The number of benzene rings is 2. The summed E-state index contributed by atoms with van der Waals surface area (Å²) in [6.07, 6.45) is 0.719. The predicted molar refractivity (Wildman–Crippen MR) is 112 cm³/mol. The first-order valence-electron chi connectivity index (χ1n) is 8.72. The summed E-state index contributed by atoms with van der Waals surface area (Å²) in [5, 5.41) is 10.3. The van der Waals surface area contributed by atoms with Gasteiger partial charge in [0.05, 0.1) is 11.1 Å². The summed E-state index contributed by atoms with van der Waals surface area (Å²) in [5.74, 6) is -0.515. The molecule has 1 amide bonds. The molecule has 0 saturated carbocycles. The highest BCUT2D eigenvalue weighted by atomic mass is 35.5. The molecule has 0 spiro atoms. The largest absolute Gasteiger partial charge is 0.292 e. The van der Waals surface area contributed by atoms with Crippen LogP contribution in [0.15, 0.2) is 52.4 Å². The molecule has 0 radical (unpaired) electrons. The number of rotatable bonds is 5. The fourth-order valence-corrected chi connectivity index (χ4v) is 3.22. The molecule has 2 aromatic carbocycles. The zero-order chi connectivity index (χ0) is 20.3. The summed E-state index contributed by atoms with van der Waals surface area (Å²) in [4.78, 5) is 25.3. The molecule has 0 aliphatic heterocycles. The van der Waals surface area contributed by atoms with Gasteiger partial charge < -0.3 is 0 Å². The second kappa shape index (κ2) is 8.54. The number of hydrogen-bond donors (Lipinski definition) is 1. The van der Waals surface area contributed by atoms with Crippen LogP contribution in [0.4, 0.5) is 0 Å². The van der Waals surface area contributed by atoms with Gasteiger partial charge in [0.2, 0.25) is 0 Å². The first-order chi connectivity index (χ1) is 13.4. The molecule has 0 bridgehead atoms. The molecule has 1 heterocycles. The zero-order valence-corrected chi connectivity index (χ0v) is 16.9. The van der Waals surface area contributed by atoms with Crippen LogP contribution < -0.4 is 11.0 Å². The lowest BCUT2D eigenvalue weighted by molar-refractivity contribution is 0.0949. The molecule has 1 aromatic heterocycles. The number of fused-ring (bicyclic) bond motifs is 1. The van der Waals surface area contributed by atoms with Crippen LogP contribution in [-0.2, 0) is 6.54 Å². The maximum atomic E-state index is 12.8. The van der Waals surface area contributed by atoms with E-state index in [-0.39, 0.29) is 11.3 Å². The molecule has 0 aliphatic rings. The highest BCUT2D eigenvalue weighted by Crippen LogP contribution is 2.21. The van der Waals surface area contributed by atoms with Crippen LogP contribution in [0.5, 0.6) is 0 Å². The molecule has 0 aliphatic carbocycles. The number of nitrogens with zero attached hydrogens (tertiary/aromatic N) is 3. The van der Waals surface area contributed by atoms with E-state index in [1.165, 1.54) is 4.68 Å². The van der Waals surface area contributed by atoms with Gasteiger partial charge in [0.15, 0.2) is 5.69 Å². The minimum atomic E-state index is -0.515. The molecule has 144 valence electrons. The number of aromatic nitrogens is 2. The van der Waals surface area contributed by atoms with Crippen LogP contribution in [0.1, 0.15) is 36.3 Å². The first kappa shape index (κ1) is 20.0. The van der Waals surface area contributed by atoms with E-state index in [0.29, 0.717) is 38.6 Å². The predicted octanol–water partition coefficient (Wildman–Crippen LogP) is 4.27. The van der Waals surface area contributed by atoms with Crippen molar-refractivity contribution in [3.05, 3.63) is 74.1 Å². The summed E-state index contributed by atoms with van der Waals surface area (Å²) in [5.41, 5.74) is 3.51. The molecular formula is C20H18Cl2N4O2. The van der Waals surface area contributed by atoms with E-state index in [1.807, 2.05) is 6.92 Å². The standard InChI is InChI=1S/C20H18Cl2N4O2/c1-3-10-26-20(28)15-7-5-4-6-14(15)18(25-26)19(27)24-23-12(2)16-11-13(21)8-9-17(16)22/h4-9,11H,3,10H2,1-2H3,(H,24,27)/b23-12+. The quantitative estimate of drug-likeness (QED) is 0.498. The molecule has 3 rings (SSSR count). The minimum absolute atomic E-state index is 0.136. The van der Waals surface area contributed by atoms with Gasteiger partial charge in [-0.15, -0.1) is 0 Å². The Labute approximate surface area is 171 Å². The Hall–Kier alpha value is -2.70. The summed E-state index contributed by atoms with van der Waals surface area (Å²) in [7, 11) is 0. The summed E-state index contributed by atoms with van der Waals surface area (Å²) >= 11 is 12.2. The van der Waals surface area contributed by atoms with Crippen molar-refractivity contribution in [3.8, 4) is 0 Å². The summed E-state index contributed by atoms with van der Waals surface area (Å²) in [6.45, 7) is 4.07. The Bertz CT molecular complexity index is 1140. The smallest absolute Gasteiger partial charge is 0.267 e. The summed E-state index contributed by atoms with van der Waals surface area (Å²) < 4.78 is 1.31. The van der Waals surface area contributed by atoms with Gasteiger partial charge in [-0.3, -0.25) is 9.59 Å². The van der Waals surface area contributed by atoms with Gasteiger partial charge in [0, 0.05) is 27.5 Å². The van der Waals surface area contributed by atoms with Gasteiger partial charge in [-0.05, 0) is 37.6 Å². The second-order valence-electron chi connectivity index (χ2n) is 6.18. The van der Waals surface area contributed by atoms with E-state index >= 15 is 0 Å². The van der Waals surface area contributed by atoms with Crippen LogP contribution in [-0.4, -0.2) is 21.4 Å². The maximum absolute atomic E-state index is 12.8. The van der Waals surface area contributed by atoms with E-state index in [2.05, 4.69) is 15.6 Å². The topological polar surface area (TPSA) is 76.3 Å². The summed E-state index contributed by atoms with van der Waals surface area (Å²) in [6, 6.07) is 11.9. The molecular weight excluding hydrogens is 399 g/mol. The number of carbonyl (C=O) groups excluding carboxylic acids is 1. The molecule has 28 heavy (non-hydrogen) atoms. The zero-order valence-electron chi connectivity index (χ0n) is 15.4. The van der Waals surface area contributed by atoms with Crippen molar-refractivity contribution >= 4 is 45.6 Å². The van der Waals surface area contributed by atoms with Crippen LogP contribution in [0, 0.1) is 0 Å². The van der Waals surface area contributed by atoms with Gasteiger partial charge in [0.1, 0.15) is 0 Å². The Balaban J connectivity index is 1.98. The molecule has 0 atom stereocenters. The number of hydrogen-bond acceptors (Lipinski definition) is 4. The first-order valence-corrected chi connectivity index (χ1v) is 9.48. The van der Waals surface area contributed by atoms with Crippen molar-refractivity contribution in [3.63, 3.8) is 0 Å². The van der Waals surface area contributed by atoms with E-state index < -0.39 is 5.91 Å². The number of halogens is 2. The number of aryl methyl sites for hydroxylation is 1. The van der Waals surface area contributed by atoms with Crippen LogP contribution >= 0.6 is 23.2 Å². The average Bonchev–Trinajstić information content (AvgIpc) is 2.70. The average molecular weight is 417 g/mol. The van der Waals surface area contributed by atoms with Crippen molar-refractivity contribution in [2.75, 3.05) is 0 Å². The van der Waals surface area contributed by atoms with Gasteiger partial charge >= 0.3 is 0 Å². The van der Waals surface area contributed by atoms with Crippen molar-refractivity contribution in [1.29, 1.82) is 0 Å². The van der Waals surface area contributed by atoms with E-state index in [4.69, 9.17) is 23.2 Å². The van der Waals surface area contributed by atoms with Crippen molar-refractivity contribution in [2.24, 2.45) is 5.10 Å². The van der Waals surface area contributed by atoms with Crippen molar-refractivity contribution < 1.29 is 4.79 Å². The van der Waals surface area contributed by atoms with Gasteiger partial charge in [-0.2, -0.15) is 10.2 Å². The van der Waals surface area contributed by atoms with Crippen molar-refractivity contribution in [1.82, 2.24) is 15.2 Å². The minimum Gasteiger partial charge on any atom is -0.267 e. The van der Waals surface area contributed by atoms with Crippen LogP contribution in [0.3, 0.4) is 0 Å². The fourth-order valence-electron chi connectivity index (χ4n) is 2.79. The number of amides is 1. The lowest BCUT2D eigenvalue weighted by Crippen LogP contribution is -2.29. The third-order valence-electron chi connectivity index (χ3n) is 4.16. The Morgan fingerprint density at radius 3 is 2.61 bits per heavy atom. The maximum Gasteiger partial charge on any atom is 0.292 e. The van der Waals surface area contributed by atoms with E-state index in [1.54, 1.807) is 49.4 Å². The number of carbonyl (C=O) groups is 1. The fraction of sp³-hybridized carbons (Fsp3) is 0.200.